The van der Waals surface area contributed by atoms with Crippen molar-refractivity contribution < 1.29 is 19.0 Å². The largest absolute Gasteiger partial charge is 0.480 e. The van der Waals surface area contributed by atoms with Gasteiger partial charge in [0, 0.05) is 10.6 Å². The summed E-state index contributed by atoms with van der Waals surface area (Å²) >= 11 is 1.20. The smallest absolute Gasteiger partial charge is 0.241 e. The van der Waals surface area contributed by atoms with Crippen molar-refractivity contribution in [2.24, 2.45) is 0 Å². The quantitative estimate of drug-likeness (QED) is 0.827. The Bertz CT molecular complexity index is 613. The number of aliphatic hydroxyl groups excluding tert-OH is 1. The molecule has 21 heavy (non-hydrogen) atoms. The number of ether oxygens (including phenoxy) is 2. The molecule has 0 aliphatic heterocycles. The Kier molecular flexibility index (Phi) is 5.35. The third-order valence-corrected chi connectivity index (χ3v) is 3.82. The molecule has 1 N–H and O–H groups in total. The summed E-state index contributed by atoms with van der Waals surface area (Å²) in [5.74, 6) is 0.404. The Morgan fingerprint density at radius 3 is 2.71 bits per heavy atom. The number of nitrogens with zero attached hydrogens (tertiary/aromatic N) is 2. The molecular formula is C14H15FN2O3S. The van der Waals surface area contributed by atoms with Gasteiger partial charge in [-0.05, 0) is 12.1 Å². The highest BCUT2D eigenvalue weighted by Gasteiger charge is 2.18. The summed E-state index contributed by atoms with van der Waals surface area (Å²) in [6.45, 7) is 0. The van der Waals surface area contributed by atoms with Crippen molar-refractivity contribution in [1.82, 2.24) is 9.97 Å². The van der Waals surface area contributed by atoms with Gasteiger partial charge in [0.05, 0.1) is 20.4 Å². The minimum atomic E-state index is -0.928. The lowest BCUT2D eigenvalue weighted by Gasteiger charge is -2.13. The normalized spacial score (nSPS) is 12.0. The second-order valence-corrected chi connectivity index (χ2v) is 5.13. The Labute approximate surface area is 126 Å². The molecule has 0 aliphatic rings. The van der Waals surface area contributed by atoms with Crippen LogP contribution in [0.2, 0.25) is 0 Å². The average Bonchev–Trinajstić information content (AvgIpc) is 2.53. The van der Waals surface area contributed by atoms with Crippen LogP contribution in [0.15, 0.2) is 35.4 Å². The van der Waals surface area contributed by atoms with Gasteiger partial charge in [0.1, 0.15) is 17.6 Å². The maximum absolute atomic E-state index is 13.5. The van der Waals surface area contributed by atoms with Crippen molar-refractivity contribution in [3.63, 3.8) is 0 Å². The number of halogens is 1. The van der Waals surface area contributed by atoms with E-state index in [9.17, 15) is 9.50 Å². The molecule has 2 rings (SSSR count). The first-order valence-corrected chi connectivity index (χ1v) is 7.14. The van der Waals surface area contributed by atoms with Crippen LogP contribution < -0.4 is 9.47 Å². The summed E-state index contributed by atoms with van der Waals surface area (Å²) in [6.07, 6.45) is 0.470. The standard InChI is InChI=1S/C14H15FN2O3S/c1-19-12-7-16-13(14(17-12)20-2)10(18)8-21-11-6-4-3-5-9(11)15/h3-7,10,18H,8H2,1-2H3. The Morgan fingerprint density at radius 1 is 1.29 bits per heavy atom. The van der Waals surface area contributed by atoms with E-state index in [0.29, 0.717) is 16.5 Å². The minimum absolute atomic E-state index is 0.191. The Morgan fingerprint density at radius 2 is 2.05 bits per heavy atom. The van der Waals surface area contributed by atoms with Crippen LogP contribution in [-0.2, 0) is 0 Å². The van der Waals surface area contributed by atoms with Gasteiger partial charge in [0.25, 0.3) is 0 Å². The van der Waals surface area contributed by atoms with Crippen molar-refractivity contribution in [3.8, 4) is 11.8 Å². The molecule has 1 heterocycles. The maximum atomic E-state index is 13.5. The van der Waals surface area contributed by atoms with Gasteiger partial charge in [-0.3, -0.25) is 0 Å². The van der Waals surface area contributed by atoms with E-state index >= 15 is 0 Å². The zero-order chi connectivity index (χ0) is 15.2. The van der Waals surface area contributed by atoms with E-state index in [0.717, 1.165) is 0 Å². The van der Waals surface area contributed by atoms with Gasteiger partial charge < -0.3 is 14.6 Å². The van der Waals surface area contributed by atoms with Crippen molar-refractivity contribution in [2.45, 2.75) is 11.0 Å². The van der Waals surface area contributed by atoms with Crippen LogP contribution in [0, 0.1) is 5.82 Å². The summed E-state index contributed by atoms with van der Waals surface area (Å²) in [5.41, 5.74) is 0.294. The monoisotopic (exact) mass is 310 g/mol. The van der Waals surface area contributed by atoms with Gasteiger partial charge in [-0.1, -0.05) is 12.1 Å². The predicted molar refractivity (Wildman–Crippen MR) is 77.2 cm³/mol. The molecule has 0 saturated carbocycles. The first-order chi connectivity index (χ1) is 10.2. The number of aromatic nitrogens is 2. The average molecular weight is 310 g/mol. The van der Waals surface area contributed by atoms with E-state index in [1.54, 1.807) is 18.2 Å². The van der Waals surface area contributed by atoms with E-state index in [1.165, 1.54) is 38.2 Å². The molecule has 0 fully saturated rings. The number of rotatable bonds is 6. The first-order valence-electron chi connectivity index (χ1n) is 6.16. The first kappa shape index (κ1) is 15.5. The zero-order valence-electron chi connectivity index (χ0n) is 11.6. The highest BCUT2D eigenvalue weighted by molar-refractivity contribution is 7.99. The molecule has 1 unspecified atom stereocenters. The third kappa shape index (κ3) is 3.83. The number of methoxy groups -OCH3 is 2. The number of hydrogen-bond acceptors (Lipinski definition) is 6. The molecule has 1 atom stereocenters. The van der Waals surface area contributed by atoms with E-state index < -0.39 is 6.10 Å². The van der Waals surface area contributed by atoms with Gasteiger partial charge in [-0.15, -0.1) is 11.8 Å². The fraction of sp³-hybridized carbons (Fsp3) is 0.286. The Hall–Kier alpha value is -1.86. The number of hydrogen-bond donors (Lipinski definition) is 1. The highest BCUT2D eigenvalue weighted by atomic mass is 32.2. The molecule has 0 bridgehead atoms. The number of thioether (sulfide) groups is 1. The Balaban J connectivity index is 2.10. The van der Waals surface area contributed by atoms with E-state index in [1.807, 2.05) is 0 Å². The van der Waals surface area contributed by atoms with Crippen molar-refractivity contribution in [2.75, 3.05) is 20.0 Å². The summed E-state index contributed by atoms with van der Waals surface area (Å²) in [5, 5.41) is 10.2. The molecule has 0 aliphatic carbocycles. The van der Waals surface area contributed by atoms with Crippen LogP contribution in [0.5, 0.6) is 11.8 Å². The van der Waals surface area contributed by atoms with Gasteiger partial charge in [-0.25, -0.2) is 9.37 Å². The van der Waals surface area contributed by atoms with Crippen LogP contribution in [-0.4, -0.2) is 35.0 Å². The maximum Gasteiger partial charge on any atom is 0.241 e. The predicted octanol–water partition coefficient (Wildman–Crippen LogP) is 2.46. The van der Waals surface area contributed by atoms with Crippen LogP contribution in [0.1, 0.15) is 11.8 Å². The molecule has 0 saturated heterocycles. The lowest BCUT2D eigenvalue weighted by Crippen LogP contribution is -2.08. The fourth-order valence-electron chi connectivity index (χ4n) is 1.65. The minimum Gasteiger partial charge on any atom is -0.480 e. The fourth-order valence-corrected chi connectivity index (χ4v) is 2.53. The van der Waals surface area contributed by atoms with Crippen molar-refractivity contribution in [1.29, 1.82) is 0 Å². The third-order valence-electron chi connectivity index (χ3n) is 2.70. The molecule has 112 valence electrons. The van der Waals surface area contributed by atoms with E-state index in [4.69, 9.17) is 9.47 Å². The molecule has 0 radical (unpaired) electrons. The molecule has 7 heteroatoms. The van der Waals surface area contributed by atoms with E-state index in [2.05, 4.69) is 9.97 Å². The van der Waals surface area contributed by atoms with Gasteiger partial charge in [-0.2, -0.15) is 4.98 Å². The molecule has 1 aromatic carbocycles. The molecular weight excluding hydrogens is 295 g/mol. The highest BCUT2D eigenvalue weighted by Crippen LogP contribution is 2.29. The van der Waals surface area contributed by atoms with Gasteiger partial charge in [0.15, 0.2) is 0 Å². The number of benzene rings is 1. The summed E-state index contributed by atoms with van der Waals surface area (Å²) in [6, 6.07) is 6.39. The topological polar surface area (TPSA) is 64.5 Å². The molecule has 0 spiro atoms. The van der Waals surface area contributed by atoms with Crippen molar-refractivity contribution in [3.05, 3.63) is 42.0 Å². The zero-order valence-corrected chi connectivity index (χ0v) is 12.4. The van der Waals surface area contributed by atoms with Crippen LogP contribution in [0.25, 0.3) is 0 Å². The lowest BCUT2D eigenvalue weighted by atomic mass is 10.3. The molecule has 2 aromatic rings. The second kappa shape index (κ2) is 7.24. The SMILES string of the molecule is COc1cnc(C(O)CSc2ccccc2F)c(OC)n1. The second-order valence-electron chi connectivity index (χ2n) is 4.06. The summed E-state index contributed by atoms with van der Waals surface area (Å²) < 4.78 is 23.5. The van der Waals surface area contributed by atoms with Gasteiger partial charge >= 0.3 is 0 Å². The van der Waals surface area contributed by atoms with E-state index in [-0.39, 0.29) is 17.5 Å². The van der Waals surface area contributed by atoms with Gasteiger partial charge in [0.2, 0.25) is 11.8 Å². The summed E-state index contributed by atoms with van der Waals surface area (Å²) in [4.78, 5) is 8.61. The van der Waals surface area contributed by atoms with Crippen LogP contribution in [0.3, 0.4) is 0 Å². The number of aliphatic hydroxyl groups is 1. The molecule has 5 nitrogen and oxygen atoms in total. The van der Waals surface area contributed by atoms with Crippen LogP contribution in [0.4, 0.5) is 4.39 Å². The van der Waals surface area contributed by atoms with Crippen LogP contribution >= 0.6 is 11.8 Å². The molecule has 0 amide bonds. The lowest BCUT2D eigenvalue weighted by molar-refractivity contribution is 0.191. The van der Waals surface area contributed by atoms with Crippen molar-refractivity contribution >= 4 is 11.8 Å². The summed E-state index contributed by atoms with van der Waals surface area (Å²) in [7, 11) is 2.90. The molecule has 1 aromatic heterocycles.